The Bertz CT molecular complexity index is 5460. The number of nitrogens with two attached hydrogens (primary N) is 1. The number of aromatic nitrogens is 6. The number of hydrogen-bond donors (Lipinski definition) is 6. The Hall–Kier alpha value is -9.73. The maximum atomic E-state index is 13.5. The van der Waals surface area contributed by atoms with Crippen LogP contribution in [0.4, 0.5) is 38.3 Å². The van der Waals surface area contributed by atoms with Gasteiger partial charge in [-0.25, -0.2) is 39.3 Å². The summed E-state index contributed by atoms with van der Waals surface area (Å²) >= 11 is 5.59. The summed E-state index contributed by atoms with van der Waals surface area (Å²) in [6, 6.07) is 29.6. The monoisotopic (exact) mass is 1890 g/mol. The van der Waals surface area contributed by atoms with E-state index in [9.17, 15) is 38.4 Å². The molecule has 0 spiro atoms. The van der Waals surface area contributed by atoms with Crippen molar-refractivity contribution in [3.63, 3.8) is 0 Å². The van der Waals surface area contributed by atoms with Gasteiger partial charge in [-0.05, 0) is 317 Å². The number of benzene rings is 3. The zero-order chi connectivity index (χ0) is 94.1. The van der Waals surface area contributed by atoms with Crippen LogP contribution < -0.4 is 31.9 Å². The topological polar surface area (TPSA) is 346 Å². The number of anilines is 5. The van der Waals surface area contributed by atoms with E-state index in [1.54, 1.807) is 70.5 Å². The lowest BCUT2D eigenvalue weighted by molar-refractivity contribution is -0.147. The van der Waals surface area contributed by atoms with E-state index in [0.29, 0.717) is 113 Å². The number of fused-ring (bicyclic) bond motifs is 9. The van der Waals surface area contributed by atoms with E-state index in [-0.39, 0.29) is 36.0 Å². The summed E-state index contributed by atoms with van der Waals surface area (Å²) in [4.78, 5) is 141. The van der Waals surface area contributed by atoms with Crippen molar-refractivity contribution < 1.29 is 52.9 Å². The molecule has 9 aliphatic rings. The fourth-order valence-electron chi connectivity index (χ4n) is 21.2. The van der Waals surface area contributed by atoms with Crippen molar-refractivity contribution >= 4 is 153 Å². The van der Waals surface area contributed by atoms with Crippen LogP contribution >= 0.6 is 46.4 Å². The molecule has 18 rings (SSSR count). The Kier molecular flexibility index (Phi) is 31.5. The van der Waals surface area contributed by atoms with E-state index in [1.165, 1.54) is 142 Å². The number of rotatable bonds is 13. The third-order valence-electron chi connectivity index (χ3n) is 28.6. The fourth-order valence-corrected chi connectivity index (χ4v) is 24.4. The molecule has 0 saturated carbocycles. The zero-order valence-electron chi connectivity index (χ0n) is 79.9. The Balaban J connectivity index is 0.000000144. The fraction of sp³-hybridized carbons (Fsp3) is 0.564. The molecule has 9 aliphatic heterocycles. The minimum atomic E-state index is -1.66. The predicted octanol–water partition coefficient (Wildman–Crippen LogP) is 19.4. The van der Waals surface area contributed by atoms with Crippen LogP contribution in [0.2, 0.25) is 0 Å². The van der Waals surface area contributed by atoms with Gasteiger partial charge >= 0.3 is 47.7 Å². The second-order valence-electron chi connectivity index (χ2n) is 40.4. The Morgan fingerprint density at radius 3 is 1.22 bits per heavy atom. The van der Waals surface area contributed by atoms with E-state index < -0.39 is 58.9 Å². The Morgan fingerprint density at radius 2 is 0.835 bits per heavy atom. The molecule has 7 amide bonds. The van der Waals surface area contributed by atoms with Crippen LogP contribution in [0.25, 0.3) is 30.6 Å². The van der Waals surface area contributed by atoms with Crippen LogP contribution in [-0.2, 0) is 57.5 Å². The number of aliphatic carboxylic acids is 1. The van der Waals surface area contributed by atoms with Crippen molar-refractivity contribution in [3.05, 3.63) is 145 Å². The van der Waals surface area contributed by atoms with Gasteiger partial charge in [0.1, 0.15) is 17.0 Å². The number of piperidine rings is 6. The van der Waals surface area contributed by atoms with E-state index in [0.717, 1.165) is 102 Å². The number of aryl methyl sites for hydroxylation is 4. The number of hydrogen-bond acceptors (Lipinski definition) is 24. The summed E-state index contributed by atoms with van der Waals surface area (Å²) in [5.41, 5.74) is 15.4. The van der Waals surface area contributed by atoms with E-state index >= 15 is 0 Å². The van der Waals surface area contributed by atoms with Crippen LogP contribution in [0.15, 0.2) is 91.4 Å². The number of nitrogens with zero attached hydrogens (tertiary/aromatic N) is 12. The van der Waals surface area contributed by atoms with Crippen LogP contribution in [0.3, 0.4) is 0 Å². The summed E-state index contributed by atoms with van der Waals surface area (Å²) < 4.78 is 14.4. The minimum absolute atomic E-state index is 0. The number of thiazole rings is 3. The summed E-state index contributed by atoms with van der Waals surface area (Å²) in [5.74, 6) is -1.48. The van der Waals surface area contributed by atoms with Crippen molar-refractivity contribution in [2.24, 2.45) is 17.8 Å². The number of halogens is 1. The van der Waals surface area contributed by atoms with Crippen molar-refractivity contribution in [2.45, 2.75) is 308 Å². The normalized spacial score (nSPS) is 25.2. The molecule has 7 N–H and O–H groups in total. The lowest BCUT2D eigenvalue weighted by Crippen LogP contribution is -2.46. The molecule has 6 bridgehead atoms. The number of amides is 7. The van der Waals surface area contributed by atoms with Gasteiger partial charge in [-0.1, -0.05) is 59.7 Å². The second-order valence-corrected chi connectivity index (χ2v) is 43.6. The molecule has 15 heterocycles. The molecular weight excluding hydrogens is 1760 g/mol. The molecule has 9 aromatic rings. The Labute approximate surface area is 799 Å². The average Bonchev–Trinajstić information content (AvgIpc) is 1.39. The zero-order valence-corrected chi connectivity index (χ0v) is 83.2. The molecule has 8 unspecified atom stereocenters. The smallest absolute Gasteiger partial charge is 0.425 e. The van der Waals surface area contributed by atoms with E-state index in [1.807, 2.05) is 53.9 Å². The van der Waals surface area contributed by atoms with Crippen LogP contribution in [0.1, 0.15) is 289 Å². The largest absolute Gasteiger partial charge is 0.474 e. The van der Waals surface area contributed by atoms with Gasteiger partial charge in [-0.3, -0.25) is 29.0 Å². The van der Waals surface area contributed by atoms with Crippen molar-refractivity contribution in [2.75, 3.05) is 67.4 Å². The highest BCUT2D eigenvalue weighted by Crippen LogP contribution is 2.49. The maximum absolute atomic E-state index is 13.5. The first-order valence-corrected chi connectivity index (χ1v) is 50.2. The molecule has 6 aromatic heterocycles. The number of carbonyl (C=O) groups is 8. The first-order valence-electron chi connectivity index (χ1n) is 47.8. The molecule has 714 valence electrons. The van der Waals surface area contributed by atoms with Crippen molar-refractivity contribution in [1.82, 2.24) is 59.7 Å². The summed E-state index contributed by atoms with van der Waals surface area (Å²) in [5, 5.41) is 24.0. The molecule has 0 radical (unpaired) electrons. The molecular formula is C101H134ClN17O11S3. The van der Waals surface area contributed by atoms with Gasteiger partial charge in [0.05, 0.1) is 93.4 Å². The van der Waals surface area contributed by atoms with Crippen molar-refractivity contribution in [1.29, 1.82) is 0 Å². The highest BCUT2D eigenvalue weighted by Gasteiger charge is 2.45. The lowest BCUT2D eigenvalue weighted by Gasteiger charge is -2.38. The van der Waals surface area contributed by atoms with Crippen LogP contribution in [-0.4, -0.2) is 195 Å². The molecule has 3 aromatic carbocycles. The highest BCUT2D eigenvalue weighted by molar-refractivity contribution is 7.19. The molecule has 9 fully saturated rings. The van der Waals surface area contributed by atoms with Gasteiger partial charge < -0.3 is 66.1 Å². The van der Waals surface area contributed by atoms with E-state index in [4.69, 9.17) is 35.3 Å². The minimum Gasteiger partial charge on any atom is -0.474 e. The number of carbonyl (C=O) groups excluding carboxylic acids is 7. The number of ether oxygens (including phenoxy) is 2. The number of nitrogens with one attached hydrogen (secondary N) is 4. The van der Waals surface area contributed by atoms with Gasteiger partial charge in [-0.15, -0.1) is 46.4 Å². The van der Waals surface area contributed by atoms with Crippen LogP contribution in [0, 0.1) is 24.7 Å². The van der Waals surface area contributed by atoms with Gasteiger partial charge in [0.15, 0.2) is 5.82 Å². The van der Waals surface area contributed by atoms with E-state index in [2.05, 4.69) is 154 Å². The molecule has 133 heavy (non-hydrogen) atoms. The maximum Gasteiger partial charge on any atom is 0.425 e. The summed E-state index contributed by atoms with van der Waals surface area (Å²) in [7, 11) is 6.87. The quantitative estimate of drug-likeness (QED) is 0.0584. The molecule has 12 atom stereocenters. The SMILES string of the molecule is CCc1cc(NC(=O)C(=O)N2C[C@@H](C)CCC2c2ccc3sc(C4CC5CCC(C4)N5C)nc3c2)cnc1C.CCc1cc(NC(=O)C(=O)N2C[C@@H](C)CC[C@@H]2c2ccc3sc(C4CC5CCC(C4)N5C)nc3c2)cnc1N.CCc1cc(NC(=O)C(=O)O)cnc1N(C(=O)OC(C)(C)C)C(=O)OC(C)(C)C.C[C@H]1CCC(c2ccc3sc(C4CC5CCC(C4)N5C)nc3c2)NC1.Cl. The summed E-state index contributed by atoms with van der Waals surface area (Å²) in [6.45, 7) is 26.5. The van der Waals surface area contributed by atoms with Gasteiger partial charge in [-0.2, -0.15) is 4.90 Å². The lowest BCUT2D eigenvalue weighted by atomic mass is 9.89. The second kappa shape index (κ2) is 42.3. The Morgan fingerprint density at radius 1 is 0.474 bits per heavy atom. The molecule has 9 saturated heterocycles. The number of pyridine rings is 3. The first-order chi connectivity index (χ1) is 62.9. The number of nitrogen functional groups attached to an aromatic ring is 1. The van der Waals surface area contributed by atoms with Gasteiger partial charge in [0.25, 0.3) is 0 Å². The standard InChI is InChI=1S/C31H39N5O2S.C30H38N6O2S.C21H29N3S.C19H27N3O7.ClH/c1-5-20-12-23(16-32-19(20)3)33-29(37)31(38)36-17-18(2)6-10-27(36)21-7-11-28-26(15-21)34-30(39-28)22-13-24-8-9-25(14-22)35(24)4;1-4-18-11-21(15-32-27(18)31)33-28(37)30(38)36-16-17(2)5-9-25(36)19-6-10-26-24(14-19)34-29(39-26)20-12-22-7-8-23(13-20)35(22)3;1-13-3-7-18(22-12-13)14-4-8-20-19(11-14)23-21(25-20)15-9-16-5-6-17(10-15)24(16)2;1-8-11-9-12(21-14(23)15(24)25)10-20-13(11)22(16(26)28-18(2,3)4)17(27)29-19(5,6)7;/h7,11-12,15-16,18,22,24-25,27H,5-6,8-10,13-14,17H2,1-4H3,(H,33,37);6,10-11,14-15,17,20,22-23,25H,4-5,7-9,12-13,16H2,1-3H3,(H2,31,32)(H,33,37);4,8,11,13,15-18,22H,3,5-7,9-10,12H2,1-2H3;9-10H,8H2,1-7H3,(H,21,23)(H,24,25);1H/t18-,22?,24?,25?,27?;17-,20?,22?,23?,25+;13-,15?,16?,17?,18?;;/m000../s1. The van der Waals surface area contributed by atoms with Crippen LogP contribution in [0.5, 0.6) is 0 Å². The average molecular weight is 1890 g/mol. The highest BCUT2D eigenvalue weighted by atomic mass is 35.5. The number of likely N-dealkylation sites (tertiary alicyclic amines) is 2. The number of carboxylic acids is 1. The molecule has 32 heteroatoms. The third kappa shape index (κ3) is 23.3. The molecule has 28 nitrogen and oxygen atoms in total. The first kappa shape index (κ1) is 99.2. The number of carboxylic acid groups (broad SMARTS) is 1. The predicted molar refractivity (Wildman–Crippen MR) is 529 cm³/mol. The number of imide groups is 1. The van der Waals surface area contributed by atoms with Gasteiger partial charge in [0.2, 0.25) is 0 Å². The third-order valence-corrected chi connectivity index (χ3v) is 32.2. The molecule has 0 aliphatic carbocycles. The van der Waals surface area contributed by atoms with Crippen molar-refractivity contribution in [3.8, 4) is 0 Å². The summed E-state index contributed by atoms with van der Waals surface area (Å²) in [6.07, 6.45) is 25.8. The van der Waals surface area contributed by atoms with Gasteiger partial charge in [0, 0.05) is 78.8 Å².